The third-order valence-corrected chi connectivity index (χ3v) is 8.99. The van der Waals surface area contributed by atoms with Crippen LogP contribution in [0.1, 0.15) is 38.5 Å². The molecule has 6 rings (SSSR count). The van der Waals surface area contributed by atoms with Crippen molar-refractivity contribution < 1.29 is 8.42 Å². The van der Waals surface area contributed by atoms with E-state index in [-0.39, 0.29) is 5.54 Å². The lowest BCUT2D eigenvalue weighted by Gasteiger charge is -2.57. The van der Waals surface area contributed by atoms with Crippen molar-refractivity contribution in [1.29, 1.82) is 0 Å². The molecule has 0 unspecified atom stereocenters. The van der Waals surface area contributed by atoms with Gasteiger partial charge in [0, 0.05) is 5.54 Å². The highest BCUT2D eigenvalue weighted by molar-refractivity contribution is 7.94. The molecule has 4 fully saturated rings. The molecular weight excluding hydrogens is 366 g/mol. The van der Waals surface area contributed by atoms with E-state index in [2.05, 4.69) is 15.0 Å². The summed E-state index contributed by atoms with van der Waals surface area (Å²) in [6.45, 7) is 0. The maximum Gasteiger partial charge on any atom is 0.271 e. The Morgan fingerprint density at radius 2 is 1.73 bits per heavy atom. The van der Waals surface area contributed by atoms with E-state index >= 15 is 0 Å². The van der Waals surface area contributed by atoms with Gasteiger partial charge in [-0.2, -0.15) is 0 Å². The van der Waals surface area contributed by atoms with Crippen LogP contribution in [0.5, 0.6) is 0 Å². The van der Waals surface area contributed by atoms with Gasteiger partial charge >= 0.3 is 0 Å². The normalized spacial score (nSPS) is 32.5. The molecule has 4 aliphatic rings. The second-order valence-corrected chi connectivity index (χ2v) is 11.1. The Morgan fingerprint density at radius 1 is 1.04 bits per heavy atom. The smallest absolute Gasteiger partial charge is 0.271 e. The molecule has 7 heteroatoms. The number of thiophene rings is 1. The molecule has 0 saturated heterocycles. The number of nitrogens with zero attached hydrogens (tertiary/aromatic N) is 1. The maximum atomic E-state index is 12.3. The molecule has 138 valence electrons. The lowest BCUT2D eigenvalue weighted by molar-refractivity contribution is 0.0105. The predicted molar refractivity (Wildman–Crippen MR) is 104 cm³/mol. The Labute approximate surface area is 158 Å². The zero-order valence-corrected chi connectivity index (χ0v) is 16.2. The third-order valence-electron chi connectivity index (χ3n) is 6.21. The highest BCUT2D eigenvalue weighted by atomic mass is 32.2. The van der Waals surface area contributed by atoms with Crippen LogP contribution in [0.4, 0.5) is 11.5 Å². The molecule has 0 spiro atoms. The molecule has 4 bridgehead atoms. The van der Waals surface area contributed by atoms with E-state index in [0.717, 1.165) is 23.6 Å². The van der Waals surface area contributed by atoms with Gasteiger partial charge in [-0.3, -0.25) is 4.72 Å². The van der Waals surface area contributed by atoms with Gasteiger partial charge < -0.3 is 5.32 Å². The highest BCUT2D eigenvalue weighted by Gasteiger charge is 2.51. The fraction of sp³-hybridized carbons (Fsp3) is 0.526. The molecule has 0 atom stereocenters. The first-order chi connectivity index (χ1) is 12.5. The summed E-state index contributed by atoms with van der Waals surface area (Å²) < 4.78 is 27.5. The van der Waals surface area contributed by atoms with Crippen molar-refractivity contribution in [2.24, 2.45) is 17.8 Å². The van der Waals surface area contributed by atoms with E-state index in [1.54, 1.807) is 29.8 Å². The SMILES string of the molecule is O=S(=O)(Nc1ccc(NC23CC4CC(CC(C4)C2)C3)nc1)c1cccs1. The van der Waals surface area contributed by atoms with Gasteiger partial charge in [-0.1, -0.05) is 6.07 Å². The van der Waals surface area contributed by atoms with Crippen LogP contribution >= 0.6 is 11.3 Å². The number of sulfonamides is 1. The standard InChI is InChI=1S/C19H23N3O2S2/c23-26(24,18-2-1-5-25-18)22-16-3-4-17(20-12-16)21-19-9-13-6-14(10-19)8-15(7-13)11-19/h1-5,12-15,22H,6-11H2,(H,20,21). The minimum Gasteiger partial charge on any atom is -0.365 e. The van der Waals surface area contributed by atoms with Crippen LogP contribution in [0.15, 0.2) is 40.1 Å². The van der Waals surface area contributed by atoms with Gasteiger partial charge in [-0.05, 0) is 79.9 Å². The molecule has 5 nitrogen and oxygen atoms in total. The highest BCUT2D eigenvalue weighted by Crippen LogP contribution is 2.56. The number of anilines is 2. The molecule has 0 amide bonds. The van der Waals surface area contributed by atoms with Gasteiger partial charge in [0.05, 0.1) is 11.9 Å². The molecule has 2 N–H and O–H groups in total. The second kappa shape index (κ2) is 5.96. The quantitative estimate of drug-likeness (QED) is 0.799. The van der Waals surface area contributed by atoms with Crippen molar-refractivity contribution in [3.05, 3.63) is 35.8 Å². The maximum absolute atomic E-state index is 12.3. The summed E-state index contributed by atoms with van der Waals surface area (Å²) in [6, 6.07) is 7.02. The van der Waals surface area contributed by atoms with Gasteiger partial charge in [-0.15, -0.1) is 11.3 Å². The van der Waals surface area contributed by atoms with Crippen molar-refractivity contribution in [2.45, 2.75) is 48.3 Å². The van der Waals surface area contributed by atoms with Crippen LogP contribution < -0.4 is 10.0 Å². The number of aromatic nitrogens is 1. The largest absolute Gasteiger partial charge is 0.365 e. The zero-order valence-electron chi connectivity index (χ0n) is 14.5. The Morgan fingerprint density at radius 3 is 2.27 bits per heavy atom. The van der Waals surface area contributed by atoms with Gasteiger partial charge in [0.25, 0.3) is 10.0 Å². The first kappa shape index (κ1) is 16.6. The Bertz CT molecular complexity index is 856. The van der Waals surface area contributed by atoms with Crippen molar-refractivity contribution in [3.8, 4) is 0 Å². The zero-order chi connectivity index (χ0) is 17.8. The van der Waals surface area contributed by atoms with Crippen LogP contribution in [0.3, 0.4) is 0 Å². The van der Waals surface area contributed by atoms with E-state index in [1.807, 2.05) is 6.07 Å². The number of pyridine rings is 1. The Hall–Kier alpha value is -1.60. The van der Waals surface area contributed by atoms with E-state index < -0.39 is 10.0 Å². The summed E-state index contributed by atoms with van der Waals surface area (Å²) in [5, 5.41) is 5.47. The molecular formula is C19H23N3O2S2. The van der Waals surface area contributed by atoms with Crippen molar-refractivity contribution in [3.63, 3.8) is 0 Å². The van der Waals surface area contributed by atoms with Crippen molar-refractivity contribution in [2.75, 3.05) is 10.0 Å². The van der Waals surface area contributed by atoms with Crippen LogP contribution in [-0.4, -0.2) is 18.9 Å². The summed E-state index contributed by atoms with van der Waals surface area (Å²) in [7, 11) is -3.52. The molecule has 0 aromatic carbocycles. The average Bonchev–Trinajstić information content (AvgIpc) is 3.10. The molecule has 26 heavy (non-hydrogen) atoms. The summed E-state index contributed by atoms with van der Waals surface area (Å²) in [6.07, 6.45) is 9.62. The minimum absolute atomic E-state index is 0.208. The third kappa shape index (κ3) is 3.01. The predicted octanol–water partition coefficient (Wildman–Crippen LogP) is 4.32. The summed E-state index contributed by atoms with van der Waals surface area (Å²) in [4.78, 5) is 4.49. The lowest BCUT2D eigenvalue weighted by atomic mass is 9.53. The van der Waals surface area contributed by atoms with Crippen molar-refractivity contribution in [1.82, 2.24) is 4.98 Å². The molecule has 4 aliphatic carbocycles. The van der Waals surface area contributed by atoms with Gasteiger partial charge in [0.2, 0.25) is 0 Å². The fourth-order valence-corrected chi connectivity index (χ4v) is 7.72. The molecule has 0 aliphatic heterocycles. The minimum atomic E-state index is -3.52. The van der Waals surface area contributed by atoms with Gasteiger partial charge in [0.15, 0.2) is 0 Å². The van der Waals surface area contributed by atoms with Crippen molar-refractivity contribution >= 4 is 32.9 Å². The molecule has 2 aromatic heterocycles. The van der Waals surface area contributed by atoms with Crippen LogP contribution in [0.25, 0.3) is 0 Å². The van der Waals surface area contributed by atoms with E-state index in [1.165, 1.54) is 49.9 Å². The van der Waals surface area contributed by atoms with Gasteiger partial charge in [-0.25, -0.2) is 13.4 Å². The number of hydrogen-bond acceptors (Lipinski definition) is 5. The van der Waals surface area contributed by atoms with Gasteiger partial charge in [0.1, 0.15) is 10.0 Å². The molecule has 2 aromatic rings. The Balaban J connectivity index is 1.30. The first-order valence-corrected chi connectivity index (χ1v) is 11.7. The summed E-state index contributed by atoms with van der Waals surface area (Å²) in [5.41, 5.74) is 0.703. The Kier molecular flexibility index (Phi) is 3.79. The summed E-state index contributed by atoms with van der Waals surface area (Å²) >= 11 is 1.21. The molecule has 2 heterocycles. The van der Waals surface area contributed by atoms with E-state index in [0.29, 0.717) is 9.90 Å². The van der Waals surface area contributed by atoms with E-state index in [4.69, 9.17) is 0 Å². The molecule has 0 radical (unpaired) electrons. The van der Waals surface area contributed by atoms with Crippen LogP contribution in [0.2, 0.25) is 0 Å². The van der Waals surface area contributed by atoms with E-state index in [9.17, 15) is 8.42 Å². The number of rotatable bonds is 5. The fourth-order valence-electron chi connectivity index (χ4n) is 5.69. The second-order valence-electron chi connectivity index (χ2n) is 8.29. The monoisotopic (exact) mass is 389 g/mol. The lowest BCUT2D eigenvalue weighted by Crippen LogP contribution is -2.54. The first-order valence-electron chi connectivity index (χ1n) is 9.30. The van der Waals surface area contributed by atoms with Crippen LogP contribution in [0, 0.1) is 17.8 Å². The topological polar surface area (TPSA) is 71.1 Å². The number of hydrogen-bond donors (Lipinski definition) is 2. The average molecular weight is 390 g/mol. The molecule has 4 saturated carbocycles. The number of nitrogens with one attached hydrogen (secondary N) is 2. The summed E-state index contributed by atoms with van der Waals surface area (Å²) in [5.74, 6) is 3.49. The van der Waals surface area contributed by atoms with Crippen LogP contribution in [-0.2, 0) is 10.0 Å².